The molecule has 2 atom stereocenters. The van der Waals surface area contributed by atoms with Crippen LogP contribution >= 0.6 is 0 Å². The summed E-state index contributed by atoms with van der Waals surface area (Å²) in [6.07, 6.45) is 5.83. The van der Waals surface area contributed by atoms with E-state index < -0.39 is 0 Å². The third-order valence-electron chi connectivity index (χ3n) is 4.01. The lowest BCUT2D eigenvalue weighted by molar-refractivity contribution is 0.187. The summed E-state index contributed by atoms with van der Waals surface area (Å²) in [4.78, 5) is 0. The second-order valence-corrected chi connectivity index (χ2v) is 5.24. The molecule has 12 heavy (non-hydrogen) atoms. The molecule has 1 nitrogen and oxygen atoms in total. The van der Waals surface area contributed by atoms with Crippen molar-refractivity contribution in [1.82, 2.24) is 5.32 Å². The average Bonchev–Trinajstić information content (AvgIpc) is 2.55. The Balaban J connectivity index is 2.02. The Hall–Kier alpha value is -0.0400. The van der Waals surface area contributed by atoms with Crippen LogP contribution < -0.4 is 5.32 Å². The standard InChI is InChI=1S/C11H21N/c1-11(2)6-3-4-10(11)9-5-7-12-8-9/h9-10,12H,3-8H2,1-2H3. The van der Waals surface area contributed by atoms with Crippen molar-refractivity contribution in [3.05, 3.63) is 0 Å². The van der Waals surface area contributed by atoms with Crippen molar-refractivity contribution in [2.45, 2.75) is 39.5 Å². The Labute approximate surface area is 75.9 Å². The topological polar surface area (TPSA) is 12.0 Å². The molecule has 1 aliphatic carbocycles. The molecule has 0 bridgehead atoms. The highest BCUT2D eigenvalue weighted by atomic mass is 14.9. The van der Waals surface area contributed by atoms with E-state index in [1.54, 1.807) is 0 Å². The van der Waals surface area contributed by atoms with E-state index in [2.05, 4.69) is 19.2 Å². The molecule has 1 saturated heterocycles. The fraction of sp³-hybridized carbons (Fsp3) is 1.00. The molecule has 0 aromatic carbocycles. The quantitative estimate of drug-likeness (QED) is 0.632. The molecule has 2 aliphatic rings. The number of hydrogen-bond donors (Lipinski definition) is 1. The van der Waals surface area contributed by atoms with Gasteiger partial charge in [0.15, 0.2) is 0 Å². The van der Waals surface area contributed by atoms with E-state index in [0.29, 0.717) is 5.41 Å². The lowest BCUT2D eigenvalue weighted by Crippen LogP contribution is -2.27. The molecule has 1 heteroatoms. The lowest BCUT2D eigenvalue weighted by atomic mass is 9.74. The lowest BCUT2D eigenvalue weighted by Gasteiger charge is -2.31. The van der Waals surface area contributed by atoms with Gasteiger partial charge in [-0.1, -0.05) is 20.3 Å². The predicted molar refractivity (Wildman–Crippen MR) is 52.1 cm³/mol. The first-order chi connectivity index (χ1) is 5.70. The molecular weight excluding hydrogens is 146 g/mol. The molecule has 2 unspecified atom stereocenters. The molecule has 0 radical (unpaired) electrons. The van der Waals surface area contributed by atoms with E-state index in [4.69, 9.17) is 0 Å². The Morgan fingerprint density at radius 2 is 2.08 bits per heavy atom. The minimum absolute atomic E-state index is 0.636. The molecule has 0 amide bonds. The second kappa shape index (κ2) is 3.02. The van der Waals surface area contributed by atoms with Crippen LogP contribution in [0, 0.1) is 17.3 Å². The first-order valence-corrected chi connectivity index (χ1v) is 5.41. The third kappa shape index (κ3) is 1.39. The van der Waals surface area contributed by atoms with Gasteiger partial charge in [-0.15, -0.1) is 0 Å². The molecular formula is C11H21N. The second-order valence-electron chi connectivity index (χ2n) is 5.24. The van der Waals surface area contributed by atoms with Crippen LogP contribution in [0.1, 0.15) is 39.5 Å². The van der Waals surface area contributed by atoms with Crippen LogP contribution in [0.25, 0.3) is 0 Å². The largest absolute Gasteiger partial charge is 0.316 e. The van der Waals surface area contributed by atoms with Crippen molar-refractivity contribution < 1.29 is 0 Å². The van der Waals surface area contributed by atoms with E-state index in [1.165, 1.54) is 38.8 Å². The van der Waals surface area contributed by atoms with Crippen LogP contribution in [-0.4, -0.2) is 13.1 Å². The summed E-state index contributed by atoms with van der Waals surface area (Å²) in [6.45, 7) is 7.47. The molecule has 2 rings (SSSR count). The molecule has 1 N–H and O–H groups in total. The van der Waals surface area contributed by atoms with E-state index in [9.17, 15) is 0 Å². The van der Waals surface area contributed by atoms with E-state index >= 15 is 0 Å². The van der Waals surface area contributed by atoms with Gasteiger partial charge in [-0.25, -0.2) is 0 Å². The van der Waals surface area contributed by atoms with Crippen molar-refractivity contribution in [2.75, 3.05) is 13.1 Å². The highest BCUT2D eigenvalue weighted by Crippen LogP contribution is 2.47. The molecule has 1 heterocycles. The zero-order valence-electron chi connectivity index (χ0n) is 8.40. The smallest absolute Gasteiger partial charge is 0.00172 e. The number of hydrogen-bond acceptors (Lipinski definition) is 1. The molecule has 70 valence electrons. The maximum atomic E-state index is 3.49. The summed E-state index contributed by atoms with van der Waals surface area (Å²) in [7, 11) is 0. The van der Waals surface area contributed by atoms with Crippen LogP contribution in [-0.2, 0) is 0 Å². The predicted octanol–water partition coefficient (Wildman–Crippen LogP) is 2.42. The van der Waals surface area contributed by atoms with E-state index in [1.807, 2.05) is 0 Å². The summed E-state index contributed by atoms with van der Waals surface area (Å²) in [5.41, 5.74) is 0.636. The Morgan fingerprint density at radius 3 is 2.58 bits per heavy atom. The van der Waals surface area contributed by atoms with Crippen LogP contribution in [0.4, 0.5) is 0 Å². The van der Waals surface area contributed by atoms with Crippen molar-refractivity contribution in [3.8, 4) is 0 Å². The third-order valence-corrected chi connectivity index (χ3v) is 4.01. The Kier molecular flexibility index (Phi) is 2.16. The molecule has 1 saturated carbocycles. The van der Waals surface area contributed by atoms with Gasteiger partial charge in [0, 0.05) is 0 Å². The van der Waals surface area contributed by atoms with Crippen LogP contribution in [0.5, 0.6) is 0 Å². The highest BCUT2D eigenvalue weighted by molar-refractivity contribution is 4.91. The first kappa shape index (κ1) is 8.55. The number of nitrogens with one attached hydrogen (secondary N) is 1. The van der Waals surface area contributed by atoms with Crippen LogP contribution in [0.2, 0.25) is 0 Å². The highest BCUT2D eigenvalue weighted by Gasteiger charge is 2.39. The van der Waals surface area contributed by atoms with Gasteiger partial charge in [-0.3, -0.25) is 0 Å². The number of rotatable bonds is 1. The molecule has 1 aliphatic heterocycles. The zero-order chi connectivity index (χ0) is 8.60. The molecule has 0 spiro atoms. The van der Waals surface area contributed by atoms with E-state index in [-0.39, 0.29) is 0 Å². The van der Waals surface area contributed by atoms with Gasteiger partial charge in [0.1, 0.15) is 0 Å². The van der Waals surface area contributed by atoms with Gasteiger partial charge in [0.2, 0.25) is 0 Å². The van der Waals surface area contributed by atoms with Gasteiger partial charge in [-0.05, 0) is 49.6 Å². The normalized spacial score (nSPS) is 40.5. The summed E-state index contributed by atoms with van der Waals surface area (Å²) < 4.78 is 0. The summed E-state index contributed by atoms with van der Waals surface area (Å²) in [5.74, 6) is 2.00. The van der Waals surface area contributed by atoms with Crippen molar-refractivity contribution in [2.24, 2.45) is 17.3 Å². The monoisotopic (exact) mass is 167 g/mol. The van der Waals surface area contributed by atoms with E-state index in [0.717, 1.165) is 11.8 Å². The van der Waals surface area contributed by atoms with Gasteiger partial charge in [0.25, 0.3) is 0 Å². The summed E-state index contributed by atoms with van der Waals surface area (Å²) in [6, 6.07) is 0. The summed E-state index contributed by atoms with van der Waals surface area (Å²) in [5, 5.41) is 3.49. The molecule has 2 fully saturated rings. The van der Waals surface area contributed by atoms with Crippen molar-refractivity contribution >= 4 is 0 Å². The first-order valence-electron chi connectivity index (χ1n) is 5.41. The fourth-order valence-corrected chi connectivity index (χ4v) is 3.25. The minimum Gasteiger partial charge on any atom is -0.316 e. The zero-order valence-corrected chi connectivity index (χ0v) is 8.40. The fourth-order valence-electron chi connectivity index (χ4n) is 3.25. The van der Waals surface area contributed by atoms with Crippen LogP contribution in [0.3, 0.4) is 0 Å². The molecule has 0 aromatic rings. The van der Waals surface area contributed by atoms with Gasteiger partial charge in [-0.2, -0.15) is 0 Å². The maximum absolute atomic E-state index is 3.49. The Morgan fingerprint density at radius 1 is 1.25 bits per heavy atom. The Bertz CT molecular complexity index is 156. The van der Waals surface area contributed by atoms with Crippen LogP contribution in [0.15, 0.2) is 0 Å². The van der Waals surface area contributed by atoms with Crippen molar-refractivity contribution in [1.29, 1.82) is 0 Å². The molecule has 0 aromatic heterocycles. The average molecular weight is 167 g/mol. The summed E-state index contributed by atoms with van der Waals surface area (Å²) >= 11 is 0. The van der Waals surface area contributed by atoms with Gasteiger partial charge in [0.05, 0.1) is 0 Å². The van der Waals surface area contributed by atoms with Crippen molar-refractivity contribution in [3.63, 3.8) is 0 Å². The SMILES string of the molecule is CC1(C)CCCC1C1CCNC1. The van der Waals surface area contributed by atoms with Gasteiger partial charge >= 0.3 is 0 Å². The minimum atomic E-state index is 0.636. The van der Waals surface area contributed by atoms with Gasteiger partial charge < -0.3 is 5.32 Å². The maximum Gasteiger partial charge on any atom is -0.00172 e.